The molecule has 1 N–H and O–H groups in total. The third-order valence-corrected chi connectivity index (χ3v) is 4.75. The van der Waals surface area contributed by atoms with Crippen molar-refractivity contribution in [3.63, 3.8) is 0 Å². The largest absolute Gasteiger partial charge is 0.493 e. The van der Waals surface area contributed by atoms with Crippen LogP contribution in [0.1, 0.15) is 36.8 Å². The van der Waals surface area contributed by atoms with Gasteiger partial charge in [-0.3, -0.25) is 0 Å². The average Bonchev–Trinajstić information content (AvgIpc) is 2.99. The van der Waals surface area contributed by atoms with E-state index in [0.29, 0.717) is 6.04 Å². The van der Waals surface area contributed by atoms with Crippen LogP contribution in [0.15, 0.2) is 40.2 Å². The molecule has 0 bridgehead atoms. The highest BCUT2D eigenvalue weighted by molar-refractivity contribution is 9.10. The molecular weight excluding hydrogens is 346 g/mol. The van der Waals surface area contributed by atoms with Crippen molar-refractivity contribution in [2.24, 2.45) is 0 Å². The second kappa shape index (κ2) is 8.57. The van der Waals surface area contributed by atoms with Gasteiger partial charge < -0.3 is 10.1 Å². The van der Waals surface area contributed by atoms with Crippen LogP contribution in [-0.4, -0.2) is 13.2 Å². The summed E-state index contributed by atoms with van der Waals surface area (Å²) in [6, 6.07) is 10.8. The molecule has 0 aliphatic heterocycles. The Bertz CT molecular complexity index is 542. The van der Waals surface area contributed by atoms with E-state index in [2.05, 4.69) is 64.7 Å². The van der Waals surface area contributed by atoms with Crippen molar-refractivity contribution in [3.8, 4) is 5.75 Å². The van der Waals surface area contributed by atoms with Gasteiger partial charge in [0.1, 0.15) is 5.75 Å². The maximum Gasteiger partial charge on any atom is 0.124 e. The van der Waals surface area contributed by atoms with Crippen LogP contribution < -0.4 is 10.1 Å². The molecule has 1 aromatic carbocycles. The number of hydrogen-bond acceptors (Lipinski definition) is 3. The Hall–Kier alpha value is -0.840. The monoisotopic (exact) mass is 367 g/mol. The highest BCUT2D eigenvalue weighted by Gasteiger charge is 2.12. The van der Waals surface area contributed by atoms with Crippen molar-refractivity contribution in [2.75, 3.05) is 13.2 Å². The minimum absolute atomic E-state index is 0.291. The molecule has 2 nitrogen and oxygen atoms in total. The molecular formula is C17H22BrNOS. The van der Waals surface area contributed by atoms with Gasteiger partial charge in [-0.1, -0.05) is 28.9 Å². The van der Waals surface area contributed by atoms with Gasteiger partial charge in [0.15, 0.2) is 0 Å². The number of halogens is 1. The van der Waals surface area contributed by atoms with E-state index in [4.69, 9.17) is 4.74 Å². The van der Waals surface area contributed by atoms with Gasteiger partial charge in [0, 0.05) is 27.4 Å². The Morgan fingerprint density at radius 2 is 2.19 bits per heavy atom. The molecule has 1 unspecified atom stereocenters. The maximum absolute atomic E-state index is 6.01. The lowest BCUT2D eigenvalue weighted by molar-refractivity contribution is 0.316. The molecule has 4 heteroatoms. The van der Waals surface area contributed by atoms with Crippen LogP contribution in [0.5, 0.6) is 5.75 Å². The first-order valence-electron chi connectivity index (χ1n) is 7.38. The predicted octanol–water partition coefficient (Wildman–Crippen LogP) is 5.19. The fourth-order valence-electron chi connectivity index (χ4n) is 2.18. The molecule has 1 aromatic heterocycles. The Kier molecular flexibility index (Phi) is 6.74. The minimum Gasteiger partial charge on any atom is -0.493 e. The number of thiophene rings is 1. The second-order valence-corrected chi connectivity index (χ2v) is 6.98. The summed E-state index contributed by atoms with van der Waals surface area (Å²) < 4.78 is 7.10. The summed E-state index contributed by atoms with van der Waals surface area (Å²) >= 11 is 5.33. The number of hydrogen-bond donors (Lipinski definition) is 1. The summed E-state index contributed by atoms with van der Waals surface area (Å²) in [6.07, 6.45) is 2.09. The van der Waals surface area contributed by atoms with Crippen LogP contribution in [0.2, 0.25) is 0 Å². The van der Waals surface area contributed by atoms with Crippen LogP contribution >= 0.6 is 27.3 Å². The highest BCUT2D eigenvalue weighted by atomic mass is 79.9. The topological polar surface area (TPSA) is 21.3 Å². The fourth-order valence-corrected chi connectivity index (χ4v) is 3.25. The Balaban J connectivity index is 2.00. The van der Waals surface area contributed by atoms with E-state index in [1.54, 1.807) is 11.3 Å². The van der Waals surface area contributed by atoms with Crippen molar-refractivity contribution < 1.29 is 4.74 Å². The molecule has 0 saturated heterocycles. The third-order valence-electron chi connectivity index (χ3n) is 3.32. The quantitative estimate of drug-likeness (QED) is 0.692. The molecule has 2 aromatic rings. The molecule has 0 spiro atoms. The van der Waals surface area contributed by atoms with Crippen molar-refractivity contribution in [1.82, 2.24) is 5.32 Å². The van der Waals surface area contributed by atoms with Crippen LogP contribution in [-0.2, 0) is 6.42 Å². The van der Waals surface area contributed by atoms with Crippen molar-refractivity contribution in [2.45, 2.75) is 32.7 Å². The minimum atomic E-state index is 0.291. The maximum atomic E-state index is 6.01. The molecule has 2 rings (SSSR count). The summed E-state index contributed by atoms with van der Waals surface area (Å²) in [5, 5.41) is 5.63. The van der Waals surface area contributed by atoms with E-state index in [1.165, 1.54) is 10.4 Å². The second-order valence-electron chi connectivity index (χ2n) is 5.04. The molecule has 1 atom stereocenters. The zero-order chi connectivity index (χ0) is 15.1. The molecule has 0 saturated carbocycles. The molecule has 1 heterocycles. The van der Waals surface area contributed by atoms with Crippen LogP contribution in [0.25, 0.3) is 0 Å². The summed E-state index contributed by atoms with van der Waals surface area (Å²) in [5.74, 6) is 0.978. The van der Waals surface area contributed by atoms with Crippen LogP contribution in [0.4, 0.5) is 0 Å². The summed E-state index contributed by atoms with van der Waals surface area (Å²) in [5.41, 5.74) is 1.21. The highest BCUT2D eigenvalue weighted by Crippen LogP contribution is 2.29. The Morgan fingerprint density at radius 3 is 2.90 bits per heavy atom. The Labute approximate surface area is 139 Å². The summed E-state index contributed by atoms with van der Waals surface area (Å²) in [7, 11) is 0. The molecule has 0 amide bonds. The van der Waals surface area contributed by atoms with Gasteiger partial charge in [-0.25, -0.2) is 0 Å². The number of nitrogens with one attached hydrogen (secondary N) is 1. The fraction of sp³-hybridized carbons (Fsp3) is 0.412. The average molecular weight is 368 g/mol. The zero-order valence-electron chi connectivity index (χ0n) is 12.6. The van der Waals surface area contributed by atoms with E-state index in [0.717, 1.165) is 36.2 Å². The van der Waals surface area contributed by atoms with Gasteiger partial charge >= 0.3 is 0 Å². The van der Waals surface area contributed by atoms with Crippen molar-refractivity contribution in [3.05, 3.63) is 50.6 Å². The molecule has 0 aliphatic rings. The van der Waals surface area contributed by atoms with Gasteiger partial charge in [-0.05, 0) is 49.5 Å². The van der Waals surface area contributed by atoms with E-state index in [9.17, 15) is 0 Å². The number of rotatable bonds is 8. The smallest absolute Gasteiger partial charge is 0.124 e. The van der Waals surface area contributed by atoms with Crippen molar-refractivity contribution >= 4 is 27.3 Å². The van der Waals surface area contributed by atoms with Gasteiger partial charge in [-0.2, -0.15) is 0 Å². The van der Waals surface area contributed by atoms with E-state index >= 15 is 0 Å². The predicted molar refractivity (Wildman–Crippen MR) is 94.4 cm³/mol. The molecule has 114 valence electrons. The van der Waals surface area contributed by atoms with Crippen LogP contribution in [0.3, 0.4) is 0 Å². The molecule has 21 heavy (non-hydrogen) atoms. The first kappa shape index (κ1) is 16.5. The summed E-state index contributed by atoms with van der Waals surface area (Å²) in [4.78, 5) is 1.37. The Morgan fingerprint density at radius 1 is 1.33 bits per heavy atom. The first-order chi connectivity index (χ1) is 10.2. The van der Waals surface area contributed by atoms with Gasteiger partial charge in [0.25, 0.3) is 0 Å². The molecule has 0 fully saturated rings. The standard InChI is InChI=1S/C17H22BrNOS/c1-3-9-19-13(2)16-12-14(18)6-7-17(16)20-10-8-15-5-4-11-21-15/h4-7,11-13,19H,3,8-10H2,1-2H3. The lowest BCUT2D eigenvalue weighted by Crippen LogP contribution is -2.20. The molecule has 0 aliphatic carbocycles. The lowest BCUT2D eigenvalue weighted by Gasteiger charge is -2.18. The van der Waals surface area contributed by atoms with Gasteiger partial charge in [0.05, 0.1) is 6.61 Å². The summed E-state index contributed by atoms with van der Waals surface area (Å²) in [6.45, 7) is 6.10. The number of benzene rings is 1. The number of ether oxygens (including phenoxy) is 1. The third kappa shape index (κ3) is 5.13. The van der Waals surface area contributed by atoms with Gasteiger partial charge in [-0.15, -0.1) is 11.3 Å². The van der Waals surface area contributed by atoms with E-state index in [-0.39, 0.29) is 0 Å². The molecule has 0 radical (unpaired) electrons. The zero-order valence-corrected chi connectivity index (χ0v) is 15.0. The van der Waals surface area contributed by atoms with Gasteiger partial charge in [0.2, 0.25) is 0 Å². The normalized spacial score (nSPS) is 12.3. The first-order valence-corrected chi connectivity index (χ1v) is 9.06. The van der Waals surface area contributed by atoms with E-state index < -0.39 is 0 Å². The lowest BCUT2D eigenvalue weighted by atomic mass is 10.1. The van der Waals surface area contributed by atoms with E-state index in [1.807, 2.05) is 6.07 Å². The SMILES string of the molecule is CCCNC(C)c1cc(Br)ccc1OCCc1cccs1. The van der Waals surface area contributed by atoms with Crippen molar-refractivity contribution in [1.29, 1.82) is 0 Å². The van der Waals surface area contributed by atoms with Crippen LogP contribution in [0, 0.1) is 0 Å².